The van der Waals surface area contributed by atoms with Gasteiger partial charge in [-0.05, 0) is 11.8 Å². The standard InChI is InChI=1S/C10H20F3NO/c1-9(2,3)6-8(15)7-14-5-4-10(11,12)13/h8,14-15H,4-7H2,1-3H3. The van der Waals surface area contributed by atoms with Gasteiger partial charge in [-0.2, -0.15) is 13.2 Å². The van der Waals surface area contributed by atoms with Crippen molar-refractivity contribution in [3.63, 3.8) is 0 Å². The lowest BCUT2D eigenvalue weighted by atomic mass is 9.89. The molecule has 0 aliphatic carbocycles. The molecule has 0 saturated heterocycles. The van der Waals surface area contributed by atoms with Crippen LogP contribution in [0.1, 0.15) is 33.6 Å². The SMILES string of the molecule is CC(C)(C)CC(O)CNCCC(F)(F)F. The quantitative estimate of drug-likeness (QED) is 0.706. The molecule has 0 radical (unpaired) electrons. The van der Waals surface area contributed by atoms with Crippen molar-refractivity contribution < 1.29 is 18.3 Å². The number of aliphatic hydroxyl groups excluding tert-OH is 1. The van der Waals surface area contributed by atoms with Gasteiger partial charge in [-0.1, -0.05) is 20.8 Å². The number of alkyl halides is 3. The zero-order valence-electron chi connectivity index (χ0n) is 9.49. The van der Waals surface area contributed by atoms with Crippen LogP contribution in [0.15, 0.2) is 0 Å². The van der Waals surface area contributed by atoms with E-state index in [-0.39, 0.29) is 18.5 Å². The lowest BCUT2D eigenvalue weighted by Crippen LogP contribution is -2.32. The topological polar surface area (TPSA) is 32.3 Å². The zero-order chi connectivity index (χ0) is 12.1. The number of halogens is 3. The highest BCUT2D eigenvalue weighted by atomic mass is 19.4. The lowest BCUT2D eigenvalue weighted by molar-refractivity contribution is -0.133. The third-order valence-corrected chi connectivity index (χ3v) is 1.81. The molecule has 0 aromatic carbocycles. The van der Waals surface area contributed by atoms with Crippen molar-refractivity contribution in [2.75, 3.05) is 13.1 Å². The summed E-state index contributed by atoms with van der Waals surface area (Å²) in [5.74, 6) is 0. The van der Waals surface area contributed by atoms with Crippen molar-refractivity contribution in [1.82, 2.24) is 5.32 Å². The van der Waals surface area contributed by atoms with E-state index in [0.717, 1.165) is 0 Å². The Hall–Kier alpha value is -0.290. The molecule has 0 aromatic rings. The van der Waals surface area contributed by atoms with Crippen LogP contribution in [0.3, 0.4) is 0 Å². The van der Waals surface area contributed by atoms with Gasteiger partial charge >= 0.3 is 6.18 Å². The van der Waals surface area contributed by atoms with Crippen molar-refractivity contribution in [3.05, 3.63) is 0 Å². The minimum Gasteiger partial charge on any atom is -0.392 e. The van der Waals surface area contributed by atoms with Gasteiger partial charge in [0.25, 0.3) is 0 Å². The van der Waals surface area contributed by atoms with Gasteiger partial charge in [-0.3, -0.25) is 0 Å². The minimum atomic E-state index is -4.12. The fourth-order valence-electron chi connectivity index (χ4n) is 1.28. The van der Waals surface area contributed by atoms with Crippen molar-refractivity contribution in [3.8, 4) is 0 Å². The largest absolute Gasteiger partial charge is 0.392 e. The summed E-state index contributed by atoms with van der Waals surface area (Å²) < 4.78 is 35.2. The molecule has 0 saturated carbocycles. The maximum atomic E-state index is 11.7. The average Bonchev–Trinajstić information content (AvgIpc) is 1.92. The van der Waals surface area contributed by atoms with Gasteiger partial charge in [0.15, 0.2) is 0 Å². The maximum Gasteiger partial charge on any atom is 0.390 e. The number of aliphatic hydroxyl groups is 1. The summed E-state index contributed by atoms with van der Waals surface area (Å²) in [7, 11) is 0. The highest BCUT2D eigenvalue weighted by Gasteiger charge is 2.26. The highest BCUT2D eigenvalue weighted by Crippen LogP contribution is 2.20. The molecule has 5 heteroatoms. The van der Waals surface area contributed by atoms with E-state index in [1.165, 1.54) is 0 Å². The summed E-state index contributed by atoms with van der Waals surface area (Å²) in [5, 5.41) is 12.1. The van der Waals surface area contributed by atoms with Crippen LogP contribution in [-0.4, -0.2) is 30.5 Å². The highest BCUT2D eigenvalue weighted by molar-refractivity contribution is 4.70. The summed E-state index contributed by atoms with van der Waals surface area (Å²) in [6.07, 6.45) is -4.98. The molecule has 0 aliphatic rings. The van der Waals surface area contributed by atoms with Gasteiger partial charge in [-0.15, -0.1) is 0 Å². The van der Waals surface area contributed by atoms with Crippen LogP contribution in [0.4, 0.5) is 13.2 Å². The normalized spacial score (nSPS) is 15.4. The molecule has 2 nitrogen and oxygen atoms in total. The van der Waals surface area contributed by atoms with E-state index in [1.54, 1.807) is 0 Å². The molecule has 15 heavy (non-hydrogen) atoms. The van der Waals surface area contributed by atoms with Crippen LogP contribution in [0.5, 0.6) is 0 Å². The van der Waals surface area contributed by atoms with Crippen LogP contribution in [0.25, 0.3) is 0 Å². The predicted molar refractivity (Wildman–Crippen MR) is 53.6 cm³/mol. The lowest BCUT2D eigenvalue weighted by Gasteiger charge is -2.22. The number of nitrogens with one attached hydrogen (secondary N) is 1. The predicted octanol–water partition coefficient (Wildman–Crippen LogP) is 2.33. The molecule has 1 unspecified atom stereocenters. The first-order valence-electron chi connectivity index (χ1n) is 5.06. The molecule has 0 aliphatic heterocycles. The van der Waals surface area contributed by atoms with Gasteiger partial charge in [-0.25, -0.2) is 0 Å². The van der Waals surface area contributed by atoms with E-state index in [0.29, 0.717) is 6.42 Å². The third-order valence-electron chi connectivity index (χ3n) is 1.81. The van der Waals surface area contributed by atoms with E-state index in [4.69, 9.17) is 0 Å². The minimum absolute atomic E-state index is 0.00881. The van der Waals surface area contributed by atoms with Crippen molar-refractivity contribution in [2.24, 2.45) is 5.41 Å². The molecule has 0 amide bonds. The van der Waals surface area contributed by atoms with Gasteiger partial charge in [0.1, 0.15) is 0 Å². The first-order chi connectivity index (χ1) is 6.60. The second-order valence-corrected chi connectivity index (χ2v) is 4.99. The van der Waals surface area contributed by atoms with E-state index < -0.39 is 18.7 Å². The molecule has 0 bridgehead atoms. The van der Waals surface area contributed by atoms with E-state index >= 15 is 0 Å². The molecule has 0 spiro atoms. The first-order valence-corrected chi connectivity index (χ1v) is 5.06. The van der Waals surface area contributed by atoms with Crippen LogP contribution < -0.4 is 5.32 Å². The van der Waals surface area contributed by atoms with Gasteiger partial charge < -0.3 is 10.4 Å². The maximum absolute atomic E-state index is 11.7. The van der Waals surface area contributed by atoms with Crippen LogP contribution in [-0.2, 0) is 0 Å². The summed E-state index contributed by atoms with van der Waals surface area (Å²) >= 11 is 0. The fraction of sp³-hybridized carbons (Fsp3) is 1.00. The van der Waals surface area contributed by atoms with E-state index in [9.17, 15) is 18.3 Å². The van der Waals surface area contributed by atoms with Crippen molar-refractivity contribution in [1.29, 1.82) is 0 Å². The van der Waals surface area contributed by atoms with Gasteiger partial charge in [0, 0.05) is 13.1 Å². The molecule has 0 heterocycles. The van der Waals surface area contributed by atoms with E-state index in [1.807, 2.05) is 20.8 Å². The Labute approximate surface area is 88.9 Å². The Bertz CT molecular complexity index is 174. The van der Waals surface area contributed by atoms with Crippen LogP contribution >= 0.6 is 0 Å². The van der Waals surface area contributed by atoms with E-state index in [2.05, 4.69) is 5.32 Å². The molecule has 0 fully saturated rings. The number of hydrogen-bond acceptors (Lipinski definition) is 2. The molecule has 92 valence electrons. The molecular weight excluding hydrogens is 207 g/mol. The van der Waals surface area contributed by atoms with Crippen LogP contribution in [0.2, 0.25) is 0 Å². The Morgan fingerprint density at radius 3 is 2.13 bits per heavy atom. The molecule has 1 atom stereocenters. The van der Waals surface area contributed by atoms with Gasteiger partial charge in [0.05, 0.1) is 12.5 Å². The Morgan fingerprint density at radius 2 is 1.73 bits per heavy atom. The number of rotatable bonds is 5. The second-order valence-electron chi connectivity index (χ2n) is 4.99. The molecular formula is C10H20F3NO. The van der Waals surface area contributed by atoms with Gasteiger partial charge in [0.2, 0.25) is 0 Å². The summed E-state index contributed by atoms with van der Waals surface area (Å²) in [6.45, 7) is 6.02. The molecule has 2 N–H and O–H groups in total. The monoisotopic (exact) mass is 227 g/mol. The average molecular weight is 227 g/mol. The second kappa shape index (κ2) is 5.70. The van der Waals surface area contributed by atoms with Crippen molar-refractivity contribution >= 4 is 0 Å². The first kappa shape index (κ1) is 14.7. The van der Waals surface area contributed by atoms with Crippen LogP contribution in [0, 0.1) is 5.41 Å². The summed E-state index contributed by atoms with van der Waals surface area (Å²) in [6, 6.07) is 0. The Balaban J connectivity index is 3.52. The summed E-state index contributed by atoms with van der Waals surface area (Å²) in [5.41, 5.74) is -0.00881. The Morgan fingerprint density at radius 1 is 1.20 bits per heavy atom. The molecule has 0 rings (SSSR count). The summed E-state index contributed by atoms with van der Waals surface area (Å²) in [4.78, 5) is 0. The Kier molecular flexibility index (Phi) is 5.59. The third kappa shape index (κ3) is 11.6. The van der Waals surface area contributed by atoms with Crippen molar-refractivity contribution in [2.45, 2.75) is 45.9 Å². The smallest absolute Gasteiger partial charge is 0.390 e. The zero-order valence-corrected chi connectivity index (χ0v) is 9.49. The fourth-order valence-corrected chi connectivity index (χ4v) is 1.28. The number of hydrogen-bond donors (Lipinski definition) is 2. The molecule has 0 aromatic heterocycles.